The molecular weight excluding hydrogens is 341 g/mol. The number of halogens is 1. The van der Waals surface area contributed by atoms with E-state index in [0.717, 1.165) is 18.7 Å². The van der Waals surface area contributed by atoms with Gasteiger partial charge < -0.3 is 15.5 Å². The molecule has 2 aliphatic heterocycles. The Balaban J connectivity index is 1.37. The molecule has 2 aromatic carbocycles. The van der Waals surface area contributed by atoms with Crippen molar-refractivity contribution in [3.05, 3.63) is 65.6 Å². The van der Waals surface area contributed by atoms with Gasteiger partial charge in [-0.25, -0.2) is 4.39 Å². The normalized spacial score (nSPS) is 18.4. The summed E-state index contributed by atoms with van der Waals surface area (Å²) in [6.45, 7) is 3.56. The van der Waals surface area contributed by atoms with E-state index in [1.165, 1.54) is 50.0 Å². The van der Waals surface area contributed by atoms with Crippen LogP contribution in [0.1, 0.15) is 30.4 Å². The van der Waals surface area contributed by atoms with E-state index in [9.17, 15) is 9.18 Å². The number of benzene rings is 2. The minimum atomic E-state index is -0.358. The minimum Gasteiger partial charge on any atom is -0.361 e. The Morgan fingerprint density at radius 3 is 2.63 bits per heavy atom. The van der Waals surface area contributed by atoms with Crippen molar-refractivity contribution in [2.24, 2.45) is 0 Å². The van der Waals surface area contributed by atoms with E-state index in [1.54, 1.807) is 12.3 Å². The SMILES string of the molecule is O=C1Nc2cc(F)ccc2/C1=C/Nc1ccc(CCN2CCCCC2)cc1. The van der Waals surface area contributed by atoms with Crippen molar-refractivity contribution in [3.63, 3.8) is 0 Å². The van der Waals surface area contributed by atoms with Crippen LogP contribution in [0.25, 0.3) is 5.57 Å². The van der Waals surface area contributed by atoms with Crippen LogP contribution in [0, 0.1) is 5.82 Å². The fourth-order valence-corrected chi connectivity index (χ4v) is 3.70. The maximum Gasteiger partial charge on any atom is 0.257 e. The third-order valence-corrected chi connectivity index (χ3v) is 5.27. The van der Waals surface area contributed by atoms with E-state index in [2.05, 4.69) is 27.7 Å². The monoisotopic (exact) mass is 365 g/mol. The van der Waals surface area contributed by atoms with Crippen molar-refractivity contribution in [1.82, 2.24) is 4.90 Å². The number of piperidine rings is 1. The van der Waals surface area contributed by atoms with Gasteiger partial charge in [-0.2, -0.15) is 0 Å². The second-order valence-electron chi connectivity index (χ2n) is 7.20. The van der Waals surface area contributed by atoms with E-state index >= 15 is 0 Å². The molecular formula is C22H24FN3O. The Bertz CT molecular complexity index is 854. The minimum absolute atomic E-state index is 0.221. The summed E-state index contributed by atoms with van der Waals surface area (Å²) < 4.78 is 13.3. The molecule has 0 spiro atoms. The quantitative estimate of drug-likeness (QED) is 0.778. The number of nitrogens with zero attached hydrogens (tertiary/aromatic N) is 1. The van der Waals surface area contributed by atoms with E-state index in [-0.39, 0.29) is 11.7 Å². The summed E-state index contributed by atoms with van der Waals surface area (Å²) in [6, 6.07) is 12.6. The lowest BCUT2D eigenvalue weighted by molar-refractivity contribution is -0.110. The van der Waals surface area contributed by atoms with Crippen LogP contribution >= 0.6 is 0 Å². The van der Waals surface area contributed by atoms with Crippen molar-refractivity contribution < 1.29 is 9.18 Å². The van der Waals surface area contributed by atoms with Crippen molar-refractivity contribution in [1.29, 1.82) is 0 Å². The van der Waals surface area contributed by atoms with E-state index in [4.69, 9.17) is 0 Å². The molecule has 0 atom stereocenters. The molecule has 0 aliphatic carbocycles. The highest BCUT2D eigenvalue weighted by Gasteiger charge is 2.24. The van der Waals surface area contributed by atoms with E-state index < -0.39 is 0 Å². The molecule has 140 valence electrons. The second-order valence-corrected chi connectivity index (χ2v) is 7.20. The average Bonchev–Trinajstić information content (AvgIpc) is 3.00. The largest absolute Gasteiger partial charge is 0.361 e. The molecule has 2 N–H and O–H groups in total. The van der Waals surface area contributed by atoms with Crippen molar-refractivity contribution in [2.75, 3.05) is 30.3 Å². The van der Waals surface area contributed by atoms with E-state index in [1.807, 2.05) is 12.1 Å². The van der Waals surface area contributed by atoms with Gasteiger partial charge in [0.15, 0.2) is 0 Å². The predicted octanol–water partition coefficient (Wildman–Crippen LogP) is 4.26. The summed E-state index contributed by atoms with van der Waals surface area (Å²) in [5, 5.41) is 5.87. The summed E-state index contributed by atoms with van der Waals surface area (Å²) in [7, 11) is 0. The van der Waals surface area contributed by atoms with Gasteiger partial charge in [0.1, 0.15) is 5.82 Å². The van der Waals surface area contributed by atoms with Gasteiger partial charge in [-0.3, -0.25) is 4.79 Å². The Labute approximate surface area is 159 Å². The second kappa shape index (κ2) is 7.92. The summed E-state index contributed by atoms with van der Waals surface area (Å²) in [5.74, 6) is -0.579. The highest BCUT2D eigenvalue weighted by atomic mass is 19.1. The maximum atomic E-state index is 13.3. The molecule has 4 nitrogen and oxygen atoms in total. The number of nitrogens with one attached hydrogen (secondary N) is 2. The smallest absolute Gasteiger partial charge is 0.257 e. The first-order valence-corrected chi connectivity index (χ1v) is 9.58. The van der Waals surface area contributed by atoms with Crippen LogP contribution in [0.15, 0.2) is 48.7 Å². The van der Waals surface area contributed by atoms with Crippen LogP contribution in [0.3, 0.4) is 0 Å². The number of hydrogen-bond acceptors (Lipinski definition) is 3. The van der Waals surface area contributed by atoms with Gasteiger partial charge in [0, 0.05) is 24.0 Å². The lowest BCUT2D eigenvalue weighted by Crippen LogP contribution is -2.31. The number of carbonyl (C=O) groups is 1. The molecule has 0 aromatic heterocycles. The maximum absolute atomic E-state index is 13.3. The van der Waals surface area contributed by atoms with Gasteiger partial charge in [-0.1, -0.05) is 18.6 Å². The molecule has 0 saturated carbocycles. The summed E-state index contributed by atoms with van der Waals surface area (Å²) >= 11 is 0. The van der Waals surface area contributed by atoms with Crippen molar-refractivity contribution in [3.8, 4) is 0 Å². The lowest BCUT2D eigenvalue weighted by atomic mass is 10.1. The summed E-state index contributed by atoms with van der Waals surface area (Å²) in [6.07, 6.45) is 6.75. The van der Waals surface area contributed by atoms with Gasteiger partial charge >= 0.3 is 0 Å². The molecule has 1 amide bonds. The van der Waals surface area contributed by atoms with Crippen LogP contribution < -0.4 is 10.6 Å². The van der Waals surface area contributed by atoms with Gasteiger partial charge in [-0.15, -0.1) is 0 Å². The molecule has 2 aromatic rings. The van der Waals surface area contributed by atoms with Crippen LogP contribution in [0.4, 0.5) is 15.8 Å². The molecule has 2 heterocycles. The molecule has 27 heavy (non-hydrogen) atoms. The number of fused-ring (bicyclic) bond motifs is 1. The third-order valence-electron chi connectivity index (χ3n) is 5.27. The fourth-order valence-electron chi connectivity index (χ4n) is 3.70. The number of hydrogen-bond donors (Lipinski definition) is 2. The topological polar surface area (TPSA) is 44.4 Å². The summed E-state index contributed by atoms with van der Waals surface area (Å²) in [4.78, 5) is 14.6. The number of carbonyl (C=O) groups excluding carboxylic acids is 1. The highest BCUT2D eigenvalue weighted by molar-refractivity contribution is 6.31. The first-order valence-electron chi connectivity index (χ1n) is 9.58. The van der Waals surface area contributed by atoms with Gasteiger partial charge in [-0.05, 0) is 68.2 Å². The molecule has 1 fully saturated rings. The number of amides is 1. The Hall–Kier alpha value is -2.66. The van der Waals surface area contributed by atoms with Crippen LogP contribution in [-0.4, -0.2) is 30.4 Å². The number of rotatable bonds is 5. The Morgan fingerprint density at radius 1 is 1.07 bits per heavy atom. The van der Waals surface area contributed by atoms with Gasteiger partial charge in [0.2, 0.25) is 0 Å². The predicted molar refractivity (Wildman–Crippen MR) is 107 cm³/mol. The van der Waals surface area contributed by atoms with Crippen LogP contribution in [0.5, 0.6) is 0 Å². The van der Waals surface area contributed by atoms with Crippen molar-refractivity contribution in [2.45, 2.75) is 25.7 Å². The molecule has 0 bridgehead atoms. The molecule has 4 rings (SSSR count). The zero-order valence-electron chi connectivity index (χ0n) is 15.3. The van der Waals surface area contributed by atoms with E-state index in [0.29, 0.717) is 16.8 Å². The lowest BCUT2D eigenvalue weighted by Gasteiger charge is -2.26. The van der Waals surface area contributed by atoms with Gasteiger partial charge in [0.05, 0.1) is 11.3 Å². The molecule has 2 aliphatic rings. The Kier molecular flexibility index (Phi) is 5.21. The van der Waals surface area contributed by atoms with Gasteiger partial charge in [0.25, 0.3) is 5.91 Å². The number of likely N-dealkylation sites (tertiary alicyclic amines) is 1. The third kappa shape index (κ3) is 4.19. The molecule has 1 saturated heterocycles. The zero-order chi connectivity index (χ0) is 18.6. The highest BCUT2D eigenvalue weighted by Crippen LogP contribution is 2.32. The molecule has 0 unspecified atom stereocenters. The number of anilines is 2. The molecule has 0 radical (unpaired) electrons. The standard InChI is InChI=1S/C22H24FN3O/c23-17-6-9-19-20(22(27)25-21(19)14-17)15-24-18-7-4-16(5-8-18)10-13-26-11-2-1-3-12-26/h4-9,14-15,24H,1-3,10-13H2,(H,25,27)/b20-15-. The zero-order valence-corrected chi connectivity index (χ0v) is 15.3. The first-order chi connectivity index (χ1) is 13.2. The average molecular weight is 365 g/mol. The van der Waals surface area contributed by atoms with Crippen LogP contribution in [0.2, 0.25) is 0 Å². The molecule has 5 heteroatoms. The fraction of sp³-hybridized carbons (Fsp3) is 0.318. The van der Waals surface area contributed by atoms with Crippen molar-refractivity contribution >= 4 is 22.9 Å². The Morgan fingerprint density at radius 2 is 1.85 bits per heavy atom. The summed E-state index contributed by atoms with van der Waals surface area (Å²) in [5.41, 5.74) is 3.98. The first kappa shape index (κ1) is 17.7. The van der Waals surface area contributed by atoms with Crippen LogP contribution in [-0.2, 0) is 11.2 Å².